The molecule has 1 aliphatic heterocycles. The number of para-hydroxylation sites is 2. The van der Waals surface area contributed by atoms with Gasteiger partial charge < -0.3 is 10.2 Å². The van der Waals surface area contributed by atoms with Gasteiger partial charge in [0.15, 0.2) is 5.69 Å². The molecule has 0 spiro atoms. The third-order valence-electron chi connectivity index (χ3n) is 5.19. The van der Waals surface area contributed by atoms with Crippen LogP contribution in [0, 0.1) is 17.0 Å². The highest BCUT2D eigenvalue weighted by Gasteiger charge is 2.21. The number of hydrogen-bond donors (Lipinski definition) is 1. The number of carbonyl (C=O) groups is 1. The highest BCUT2D eigenvalue weighted by atomic mass is 35.5. The van der Waals surface area contributed by atoms with Crippen LogP contribution in [0.15, 0.2) is 53.3 Å². The highest BCUT2D eigenvalue weighted by molar-refractivity contribution is 7.99. The third-order valence-corrected chi connectivity index (χ3v) is 6.43. The molecule has 9 nitrogen and oxygen atoms in total. The van der Waals surface area contributed by atoms with Gasteiger partial charge in [0.2, 0.25) is 5.43 Å². The SMILES string of the molecule is Cc1cc(=O)c(C(=O)Nc2ccc(N3CCSCC3)c(Cl)c2)nn1-c1ccccc1[N+](=O)[O-]. The Kier molecular flexibility index (Phi) is 6.66. The molecule has 2 aromatic carbocycles. The summed E-state index contributed by atoms with van der Waals surface area (Å²) >= 11 is 8.35. The summed E-state index contributed by atoms with van der Waals surface area (Å²) in [6.07, 6.45) is 0. The van der Waals surface area contributed by atoms with Crippen molar-refractivity contribution in [3.05, 3.63) is 85.3 Å². The molecule has 0 bridgehead atoms. The second-order valence-electron chi connectivity index (χ2n) is 7.38. The van der Waals surface area contributed by atoms with Crippen molar-refractivity contribution in [3.8, 4) is 5.69 Å². The number of nitro groups is 1. The molecular formula is C22H20ClN5O4S. The zero-order chi connectivity index (χ0) is 23.5. The van der Waals surface area contributed by atoms with Gasteiger partial charge in [-0.2, -0.15) is 16.9 Å². The molecule has 3 aromatic rings. The second-order valence-corrected chi connectivity index (χ2v) is 9.01. The van der Waals surface area contributed by atoms with Gasteiger partial charge in [-0.25, -0.2) is 4.68 Å². The van der Waals surface area contributed by atoms with E-state index in [-0.39, 0.29) is 17.1 Å². The predicted octanol–water partition coefficient (Wildman–Crippen LogP) is 3.91. The number of nitrogens with zero attached hydrogens (tertiary/aromatic N) is 4. The van der Waals surface area contributed by atoms with E-state index in [0.717, 1.165) is 30.3 Å². The molecule has 0 unspecified atom stereocenters. The number of benzene rings is 2. The van der Waals surface area contributed by atoms with Gasteiger partial charge >= 0.3 is 0 Å². The van der Waals surface area contributed by atoms with E-state index >= 15 is 0 Å². The molecule has 0 atom stereocenters. The van der Waals surface area contributed by atoms with Crippen LogP contribution in [-0.4, -0.2) is 45.2 Å². The van der Waals surface area contributed by atoms with Crippen LogP contribution >= 0.6 is 23.4 Å². The molecule has 2 heterocycles. The van der Waals surface area contributed by atoms with E-state index in [0.29, 0.717) is 16.4 Å². The van der Waals surface area contributed by atoms with E-state index in [4.69, 9.17) is 11.6 Å². The fourth-order valence-corrected chi connectivity index (χ4v) is 4.79. The fraction of sp³-hybridized carbons (Fsp3) is 0.227. The van der Waals surface area contributed by atoms with Gasteiger partial charge in [-0.1, -0.05) is 23.7 Å². The van der Waals surface area contributed by atoms with E-state index in [2.05, 4.69) is 15.3 Å². The minimum Gasteiger partial charge on any atom is -0.369 e. The average molecular weight is 486 g/mol. The van der Waals surface area contributed by atoms with Crippen molar-refractivity contribution in [1.82, 2.24) is 9.78 Å². The zero-order valence-corrected chi connectivity index (χ0v) is 19.2. The lowest BCUT2D eigenvalue weighted by Gasteiger charge is -2.29. The molecule has 1 fully saturated rings. The van der Waals surface area contributed by atoms with Crippen LogP contribution in [-0.2, 0) is 0 Å². The molecule has 170 valence electrons. The van der Waals surface area contributed by atoms with Crippen molar-refractivity contribution in [2.24, 2.45) is 0 Å². The van der Waals surface area contributed by atoms with Crippen LogP contribution in [0.3, 0.4) is 0 Å². The van der Waals surface area contributed by atoms with Crippen LogP contribution in [0.4, 0.5) is 17.1 Å². The summed E-state index contributed by atoms with van der Waals surface area (Å²) < 4.78 is 1.22. The molecule has 1 N–H and O–H groups in total. The normalized spacial score (nSPS) is 13.6. The molecule has 0 radical (unpaired) electrons. The maximum atomic E-state index is 12.9. The van der Waals surface area contributed by atoms with Crippen LogP contribution in [0.25, 0.3) is 5.69 Å². The first kappa shape index (κ1) is 22.8. The quantitative estimate of drug-likeness (QED) is 0.431. The Balaban J connectivity index is 1.63. The summed E-state index contributed by atoms with van der Waals surface area (Å²) in [6, 6.07) is 12.4. The number of nitrogens with one attached hydrogen (secondary N) is 1. The summed E-state index contributed by atoms with van der Waals surface area (Å²) in [5.41, 5.74) is 0.655. The highest BCUT2D eigenvalue weighted by Crippen LogP contribution is 2.30. The van der Waals surface area contributed by atoms with E-state index in [1.54, 1.807) is 25.1 Å². The summed E-state index contributed by atoms with van der Waals surface area (Å²) in [7, 11) is 0. The summed E-state index contributed by atoms with van der Waals surface area (Å²) in [5.74, 6) is 1.32. The van der Waals surface area contributed by atoms with Gasteiger partial charge in [0, 0.05) is 48.1 Å². The Hall–Kier alpha value is -3.37. The molecule has 1 saturated heterocycles. The smallest absolute Gasteiger partial charge is 0.294 e. The van der Waals surface area contributed by atoms with Crippen molar-refractivity contribution < 1.29 is 9.72 Å². The lowest BCUT2D eigenvalue weighted by molar-refractivity contribution is -0.384. The summed E-state index contributed by atoms with van der Waals surface area (Å²) in [6.45, 7) is 3.38. The number of hydrogen-bond acceptors (Lipinski definition) is 7. The molecule has 1 amide bonds. The number of aryl methyl sites for hydroxylation is 1. The van der Waals surface area contributed by atoms with Crippen LogP contribution in [0.1, 0.15) is 16.2 Å². The van der Waals surface area contributed by atoms with E-state index in [1.807, 2.05) is 17.8 Å². The number of anilines is 2. The maximum absolute atomic E-state index is 12.9. The Bertz CT molecular complexity index is 1290. The Morgan fingerprint density at radius 3 is 2.58 bits per heavy atom. The number of carbonyl (C=O) groups excluding carboxylic acids is 1. The Labute approximate surface area is 198 Å². The van der Waals surface area contributed by atoms with Gasteiger partial charge in [-0.05, 0) is 31.2 Å². The molecule has 0 saturated carbocycles. The Morgan fingerprint density at radius 1 is 1.15 bits per heavy atom. The van der Waals surface area contributed by atoms with Crippen LogP contribution in [0.5, 0.6) is 0 Å². The molecule has 4 rings (SSSR count). The minimum absolute atomic E-state index is 0.154. The largest absolute Gasteiger partial charge is 0.369 e. The van der Waals surface area contributed by atoms with Gasteiger partial charge in [0.25, 0.3) is 11.6 Å². The van der Waals surface area contributed by atoms with E-state index < -0.39 is 16.3 Å². The van der Waals surface area contributed by atoms with E-state index in [9.17, 15) is 19.7 Å². The number of aromatic nitrogens is 2. The monoisotopic (exact) mass is 485 g/mol. The number of rotatable bonds is 5. The van der Waals surface area contributed by atoms with Crippen molar-refractivity contribution >= 4 is 46.3 Å². The summed E-state index contributed by atoms with van der Waals surface area (Å²) in [4.78, 5) is 38.4. The lowest BCUT2D eigenvalue weighted by Crippen LogP contribution is -2.32. The number of amides is 1. The molecule has 33 heavy (non-hydrogen) atoms. The second kappa shape index (κ2) is 9.63. The third kappa shape index (κ3) is 4.86. The molecule has 0 aliphatic carbocycles. The first-order valence-electron chi connectivity index (χ1n) is 10.1. The van der Waals surface area contributed by atoms with Crippen molar-refractivity contribution in [2.75, 3.05) is 34.8 Å². The first-order chi connectivity index (χ1) is 15.8. The number of thioether (sulfide) groups is 1. The zero-order valence-electron chi connectivity index (χ0n) is 17.7. The Morgan fingerprint density at radius 2 is 1.88 bits per heavy atom. The first-order valence-corrected chi connectivity index (χ1v) is 11.7. The number of halogens is 1. The number of nitro benzene ring substituents is 1. The molecule has 11 heteroatoms. The lowest BCUT2D eigenvalue weighted by atomic mass is 10.2. The van der Waals surface area contributed by atoms with Gasteiger partial charge in [0.05, 0.1) is 15.6 Å². The van der Waals surface area contributed by atoms with Crippen LogP contribution in [0.2, 0.25) is 5.02 Å². The van der Waals surface area contributed by atoms with Gasteiger partial charge in [-0.3, -0.25) is 19.7 Å². The van der Waals surface area contributed by atoms with E-state index in [1.165, 1.54) is 28.9 Å². The van der Waals surface area contributed by atoms with Gasteiger partial charge in [0.1, 0.15) is 5.69 Å². The minimum atomic E-state index is -0.731. The van der Waals surface area contributed by atoms with Crippen molar-refractivity contribution in [2.45, 2.75) is 6.92 Å². The van der Waals surface area contributed by atoms with Crippen molar-refractivity contribution in [3.63, 3.8) is 0 Å². The maximum Gasteiger partial charge on any atom is 0.294 e. The van der Waals surface area contributed by atoms with Gasteiger partial charge in [-0.15, -0.1) is 0 Å². The topological polar surface area (TPSA) is 110 Å². The average Bonchev–Trinajstić information content (AvgIpc) is 2.80. The fourth-order valence-electron chi connectivity index (χ4n) is 3.58. The molecule has 1 aliphatic rings. The molecular weight excluding hydrogens is 466 g/mol. The van der Waals surface area contributed by atoms with Crippen LogP contribution < -0.4 is 15.6 Å². The summed E-state index contributed by atoms with van der Waals surface area (Å²) in [5, 5.41) is 18.7. The molecule has 1 aromatic heterocycles. The van der Waals surface area contributed by atoms with Crippen molar-refractivity contribution in [1.29, 1.82) is 0 Å². The standard InChI is InChI=1S/C22H20ClN5O4S/c1-14-12-20(29)21(25-27(14)18-4-2-3-5-19(18)28(31)32)22(30)24-15-6-7-17(16(23)13-15)26-8-10-33-11-9-26/h2-7,12-13H,8-11H2,1H3,(H,24,30). The predicted molar refractivity (Wildman–Crippen MR) is 130 cm³/mol.